The van der Waals surface area contributed by atoms with Crippen LogP contribution >= 0.6 is 0 Å². The molecule has 1 aromatic carbocycles. The highest BCUT2D eigenvalue weighted by molar-refractivity contribution is 5.67. The van der Waals surface area contributed by atoms with Gasteiger partial charge in [-0.2, -0.15) is 22.8 Å². The number of halogens is 3. The lowest BCUT2D eigenvalue weighted by molar-refractivity contribution is -0.137. The second-order valence-corrected chi connectivity index (χ2v) is 7.68. The molecule has 0 fully saturated rings. The zero-order valence-corrected chi connectivity index (χ0v) is 16.7. The van der Waals surface area contributed by atoms with Crippen LogP contribution in [0.1, 0.15) is 25.0 Å². The van der Waals surface area contributed by atoms with E-state index in [1.54, 1.807) is 0 Å². The molecule has 31 heavy (non-hydrogen) atoms. The quantitative estimate of drug-likeness (QED) is 0.495. The molecule has 0 saturated heterocycles. The predicted octanol–water partition coefficient (Wildman–Crippen LogP) is 4.22. The zero-order chi connectivity index (χ0) is 22.2. The van der Waals surface area contributed by atoms with Crippen LogP contribution in [0.2, 0.25) is 0 Å². The fourth-order valence-electron chi connectivity index (χ4n) is 3.09. The number of nitrogens with one attached hydrogen (secondary N) is 1. The number of rotatable bonds is 5. The van der Waals surface area contributed by atoms with Crippen molar-refractivity contribution in [2.24, 2.45) is 0 Å². The number of anilines is 2. The van der Waals surface area contributed by atoms with Gasteiger partial charge in [0, 0.05) is 22.9 Å². The molecule has 0 aliphatic carbocycles. The maximum absolute atomic E-state index is 13.3. The molecule has 0 radical (unpaired) electrons. The molecule has 4 aromatic rings. The molecule has 0 aliphatic heterocycles. The Morgan fingerprint density at radius 1 is 1.06 bits per heavy atom. The molecular weight excluding hydrogens is 409 g/mol. The van der Waals surface area contributed by atoms with Crippen LogP contribution in [0.3, 0.4) is 0 Å². The van der Waals surface area contributed by atoms with Crippen molar-refractivity contribution in [3.05, 3.63) is 66.0 Å². The lowest BCUT2D eigenvalue weighted by atomic mass is 9.86. The van der Waals surface area contributed by atoms with Crippen LogP contribution in [0.4, 0.5) is 24.8 Å². The van der Waals surface area contributed by atoms with Gasteiger partial charge >= 0.3 is 6.18 Å². The molecule has 0 atom stereocenters. The minimum absolute atomic E-state index is 0.0210. The molecule has 2 N–H and O–H groups in total. The van der Waals surface area contributed by atoms with E-state index in [1.165, 1.54) is 29.0 Å². The van der Waals surface area contributed by atoms with E-state index in [4.69, 9.17) is 0 Å². The number of hydrogen-bond donors (Lipinski definition) is 2. The summed E-state index contributed by atoms with van der Waals surface area (Å²) < 4.78 is 41.3. The van der Waals surface area contributed by atoms with Crippen molar-refractivity contribution in [3.8, 4) is 11.3 Å². The van der Waals surface area contributed by atoms with Crippen molar-refractivity contribution in [1.82, 2.24) is 24.8 Å². The normalized spacial score (nSPS) is 12.3. The Balaban J connectivity index is 1.64. The highest BCUT2D eigenvalue weighted by atomic mass is 19.4. The Morgan fingerprint density at radius 3 is 2.48 bits per heavy atom. The Morgan fingerprint density at radius 2 is 1.81 bits per heavy atom. The molecule has 10 heteroatoms. The number of benzene rings is 1. The number of fused-ring (bicyclic) bond motifs is 1. The highest BCUT2D eigenvalue weighted by Crippen LogP contribution is 2.35. The largest absolute Gasteiger partial charge is 0.418 e. The first-order valence-electron chi connectivity index (χ1n) is 9.41. The second-order valence-electron chi connectivity index (χ2n) is 7.68. The van der Waals surface area contributed by atoms with Gasteiger partial charge < -0.3 is 10.4 Å². The van der Waals surface area contributed by atoms with Crippen LogP contribution in [0.5, 0.6) is 0 Å². The summed E-state index contributed by atoms with van der Waals surface area (Å²) in [7, 11) is 0. The van der Waals surface area contributed by atoms with Crippen molar-refractivity contribution >= 4 is 17.3 Å². The molecule has 3 aromatic heterocycles. The number of alkyl halides is 3. The van der Waals surface area contributed by atoms with Crippen LogP contribution in [0, 0.1) is 0 Å². The van der Waals surface area contributed by atoms with E-state index in [1.807, 2.05) is 38.1 Å². The lowest BCUT2D eigenvalue weighted by Crippen LogP contribution is -2.21. The van der Waals surface area contributed by atoms with E-state index >= 15 is 0 Å². The molecule has 0 aliphatic rings. The van der Waals surface area contributed by atoms with E-state index in [9.17, 15) is 18.3 Å². The minimum atomic E-state index is -4.53. The molecule has 3 heterocycles. The summed E-state index contributed by atoms with van der Waals surface area (Å²) in [6.45, 7) is 3.90. The van der Waals surface area contributed by atoms with Gasteiger partial charge in [-0.15, -0.1) is 10.2 Å². The predicted molar refractivity (Wildman–Crippen MR) is 109 cm³/mol. The Bertz CT molecular complexity index is 1220. The molecule has 0 amide bonds. The molecule has 0 bridgehead atoms. The van der Waals surface area contributed by atoms with Crippen LogP contribution in [0.15, 0.2) is 54.9 Å². The SMILES string of the molecule is CC(C)(CO)c1ccc(Nc2nnc3cc(-c4ncccc4C(F)(F)F)cnn23)cc1. The van der Waals surface area contributed by atoms with E-state index in [2.05, 4.69) is 25.6 Å². The second kappa shape index (κ2) is 7.62. The van der Waals surface area contributed by atoms with E-state index in [0.29, 0.717) is 5.95 Å². The van der Waals surface area contributed by atoms with E-state index in [0.717, 1.165) is 17.3 Å². The zero-order valence-electron chi connectivity index (χ0n) is 16.7. The summed E-state index contributed by atoms with van der Waals surface area (Å²) in [4.78, 5) is 3.88. The molecule has 7 nitrogen and oxygen atoms in total. The molecule has 160 valence electrons. The molecule has 4 rings (SSSR count). The maximum atomic E-state index is 13.3. The third-order valence-corrected chi connectivity index (χ3v) is 4.97. The maximum Gasteiger partial charge on any atom is 0.418 e. The summed E-state index contributed by atoms with van der Waals surface area (Å²) in [5, 5.41) is 24.8. The van der Waals surface area contributed by atoms with Crippen LogP contribution in [-0.4, -0.2) is 36.5 Å². The lowest BCUT2D eigenvalue weighted by Gasteiger charge is -2.22. The number of pyridine rings is 1. The highest BCUT2D eigenvalue weighted by Gasteiger charge is 2.34. The van der Waals surface area contributed by atoms with Gasteiger partial charge in [0.25, 0.3) is 0 Å². The van der Waals surface area contributed by atoms with Gasteiger partial charge in [-0.3, -0.25) is 4.98 Å². The third kappa shape index (κ3) is 4.06. The van der Waals surface area contributed by atoms with E-state index in [-0.39, 0.29) is 28.9 Å². The summed E-state index contributed by atoms with van der Waals surface area (Å²) >= 11 is 0. The van der Waals surface area contributed by atoms with Crippen molar-refractivity contribution < 1.29 is 18.3 Å². The van der Waals surface area contributed by atoms with Gasteiger partial charge in [0.1, 0.15) is 0 Å². The fourth-order valence-corrected chi connectivity index (χ4v) is 3.09. The summed E-state index contributed by atoms with van der Waals surface area (Å²) in [6, 6.07) is 11.1. The van der Waals surface area contributed by atoms with Crippen molar-refractivity contribution in [2.75, 3.05) is 11.9 Å². The van der Waals surface area contributed by atoms with E-state index < -0.39 is 11.7 Å². The van der Waals surface area contributed by atoms with Crippen molar-refractivity contribution in [2.45, 2.75) is 25.4 Å². The monoisotopic (exact) mass is 428 g/mol. The van der Waals surface area contributed by atoms with Crippen LogP contribution < -0.4 is 5.32 Å². The van der Waals surface area contributed by atoms with Crippen LogP contribution in [0.25, 0.3) is 16.9 Å². The average molecular weight is 428 g/mol. The van der Waals surface area contributed by atoms with Crippen molar-refractivity contribution in [3.63, 3.8) is 0 Å². The molecule has 0 unspecified atom stereocenters. The van der Waals surface area contributed by atoms with Crippen LogP contribution in [-0.2, 0) is 11.6 Å². The van der Waals surface area contributed by atoms with Gasteiger partial charge in [0.2, 0.25) is 5.95 Å². The van der Waals surface area contributed by atoms with Gasteiger partial charge in [-0.1, -0.05) is 26.0 Å². The number of aliphatic hydroxyl groups excluding tert-OH is 1. The summed E-state index contributed by atoms with van der Waals surface area (Å²) in [6.07, 6.45) is -1.94. The molecule has 0 saturated carbocycles. The molecule has 0 spiro atoms. The number of aromatic nitrogens is 5. The Hall–Kier alpha value is -3.53. The first-order chi connectivity index (χ1) is 14.7. The van der Waals surface area contributed by atoms with Gasteiger partial charge in [0.15, 0.2) is 5.65 Å². The van der Waals surface area contributed by atoms with Gasteiger partial charge in [-0.25, -0.2) is 0 Å². The third-order valence-electron chi connectivity index (χ3n) is 4.97. The van der Waals surface area contributed by atoms with Gasteiger partial charge in [0.05, 0.1) is 24.1 Å². The Kier molecular flexibility index (Phi) is 5.10. The number of aliphatic hydroxyl groups is 1. The summed E-state index contributed by atoms with van der Waals surface area (Å²) in [5.74, 6) is 0.313. The first-order valence-corrected chi connectivity index (χ1v) is 9.41. The first kappa shape index (κ1) is 20.7. The van der Waals surface area contributed by atoms with Crippen molar-refractivity contribution in [1.29, 1.82) is 0 Å². The average Bonchev–Trinajstić information content (AvgIpc) is 3.15. The van der Waals surface area contributed by atoms with Gasteiger partial charge in [-0.05, 0) is 35.9 Å². The fraction of sp³-hybridized carbons (Fsp3) is 0.238. The number of nitrogens with zero attached hydrogens (tertiary/aromatic N) is 5. The topological polar surface area (TPSA) is 88.2 Å². The standard InChI is InChI=1S/C21H19F3N6O/c1-20(2,12-31)14-5-7-15(8-6-14)27-19-29-28-17-10-13(11-26-30(17)19)18-16(21(22,23)24)4-3-9-25-18/h3-11,31H,12H2,1-2H3,(H,27,29). The smallest absolute Gasteiger partial charge is 0.395 e. The molecular formula is C21H19F3N6O. The Labute approximate surface area is 175 Å². The minimum Gasteiger partial charge on any atom is -0.395 e. The number of hydrogen-bond acceptors (Lipinski definition) is 6. The summed E-state index contributed by atoms with van der Waals surface area (Å²) in [5.41, 5.74) is 0.743.